The summed E-state index contributed by atoms with van der Waals surface area (Å²) in [6.45, 7) is 0. The Bertz CT molecular complexity index is 1030. The number of likely N-dealkylation sites (N-methyl/N-ethyl adjacent to an activating group) is 1. The lowest BCUT2D eigenvalue weighted by Crippen LogP contribution is -2.29. The van der Waals surface area contributed by atoms with E-state index in [9.17, 15) is 24.7 Å². The number of aromatic hydroxyl groups is 1. The number of hydrogen-bond acceptors (Lipinski definition) is 5. The number of hydrogen-bond donors (Lipinski definition) is 2. The zero-order chi connectivity index (χ0) is 20.3. The Labute approximate surface area is 163 Å². The summed E-state index contributed by atoms with van der Waals surface area (Å²) in [7, 11) is 1.22. The molecule has 27 heavy (non-hydrogen) atoms. The number of phenolic OH excluding ortho intramolecular Hbond substituents is 1. The smallest absolute Gasteiger partial charge is 0.272 e. The highest BCUT2D eigenvalue weighted by Crippen LogP contribution is 2.35. The maximum atomic E-state index is 13.5. The van der Waals surface area contributed by atoms with Gasteiger partial charge in [-0.1, -0.05) is 23.2 Å². The molecule has 0 atom stereocenters. The zero-order valence-electron chi connectivity index (χ0n) is 13.7. The summed E-state index contributed by atoms with van der Waals surface area (Å²) >= 11 is 11.6. The Hall–Kier alpha value is -3.26. The van der Waals surface area contributed by atoms with E-state index in [2.05, 4.69) is 0 Å². The molecule has 2 aromatic rings. The van der Waals surface area contributed by atoms with Gasteiger partial charge in [0, 0.05) is 12.6 Å². The molecule has 0 aromatic heterocycles. The van der Waals surface area contributed by atoms with Gasteiger partial charge in [-0.3, -0.25) is 4.79 Å². The Balaban J connectivity index is 2.56. The summed E-state index contributed by atoms with van der Waals surface area (Å²) in [4.78, 5) is 13.5. The van der Waals surface area contributed by atoms with E-state index in [0.717, 1.165) is 29.2 Å². The number of halogens is 3. The molecule has 6 nitrogen and oxygen atoms in total. The van der Waals surface area contributed by atoms with Gasteiger partial charge in [0.2, 0.25) is 0 Å². The van der Waals surface area contributed by atoms with E-state index in [0.29, 0.717) is 0 Å². The van der Waals surface area contributed by atoms with E-state index in [1.807, 2.05) is 6.07 Å². The van der Waals surface area contributed by atoms with Gasteiger partial charge in [0.05, 0.1) is 21.3 Å². The molecule has 0 aliphatic carbocycles. The van der Waals surface area contributed by atoms with E-state index in [1.54, 1.807) is 6.07 Å². The van der Waals surface area contributed by atoms with Crippen LogP contribution < -0.4 is 4.90 Å². The van der Waals surface area contributed by atoms with Crippen LogP contribution >= 0.6 is 23.2 Å². The van der Waals surface area contributed by atoms with Crippen molar-refractivity contribution in [1.29, 1.82) is 10.5 Å². The van der Waals surface area contributed by atoms with Gasteiger partial charge < -0.3 is 15.1 Å². The summed E-state index contributed by atoms with van der Waals surface area (Å²) < 4.78 is 13.5. The van der Waals surface area contributed by atoms with Gasteiger partial charge in [-0.15, -0.1) is 0 Å². The molecule has 1 amide bonds. The molecule has 0 aliphatic heterocycles. The molecule has 9 heteroatoms. The molecule has 0 heterocycles. The van der Waals surface area contributed by atoms with Crippen LogP contribution in [-0.2, 0) is 4.79 Å². The number of nitrogens with zero attached hydrogens (tertiary/aromatic N) is 3. The molecule has 0 bridgehead atoms. The molecular weight excluding hydrogens is 396 g/mol. The minimum absolute atomic E-state index is 0.000230. The monoisotopic (exact) mass is 405 g/mol. The fourth-order valence-corrected chi connectivity index (χ4v) is 2.69. The summed E-state index contributed by atoms with van der Waals surface area (Å²) in [6.07, 6.45) is 0. The van der Waals surface area contributed by atoms with Crippen LogP contribution in [0.5, 0.6) is 5.75 Å². The number of aliphatic hydroxyl groups excluding tert-OH is 1. The largest absolute Gasteiger partial charge is 0.506 e. The quantitative estimate of drug-likeness (QED) is 0.452. The first-order chi connectivity index (χ1) is 12.7. The molecule has 0 saturated carbocycles. The number of carbonyl (C=O) groups is 1. The molecule has 2 rings (SSSR count). The average Bonchev–Trinajstić information content (AvgIpc) is 2.65. The lowest BCUT2D eigenvalue weighted by Gasteiger charge is -2.19. The lowest BCUT2D eigenvalue weighted by atomic mass is 10.1. The van der Waals surface area contributed by atoms with Crippen molar-refractivity contribution in [3.8, 4) is 17.9 Å². The third-order valence-electron chi connectivity index (χ3n) is 3.60. The first-order valence-electron chi connectivity index (χ1n) is 7.20. The molecule has 2 aromatic carbocycles. The highest BCUT2D eigenvalue weighted by molar-refractivity contribution is 6.37. The first-order valence-corrected chi connectivity index (χ1v) is 7.96. The van der Waals surface area contributed by atoms with Gasteiger partial charge in [0.15, 0.2) is 11.3 Å². The van der Waals surface area contributed by atoms with Gasteiger partial charge in [-0.2, -0.15) is 10.5 Å². The number of aliphatic hydroxyl groups is 1. The lowest BCUT2D eigenvalue weighted by molar-refractivity contribution is -0.114. The predicted molar refractivity (Wildman–Crippen MR) is 97.8 cm³/mol. The molecule has 136 valence electrons. The second-order valence-corrected chi connectivity index (χ2v) is 6.08. The topological polar surface area (TPSA) is 108 Å². The fourth-order valence-electron chi connectivity index (χ4n) is 2.20. The standard InChI is InChI=1S/C18H10Cl2FN3O3/c1-24(15-6-11(21)3-2-9(15)7-22)18(27)12(8-23)16(25)10-4-13(19)17(26)14(20)5-10/h2-6,25-26H,1H3/b16-12-. The van der Waals surface area contributed by atoms with E-state index in [-0.39, 0.29) is 26.9 Å². The highest BCUT2D eigenvalue weighted by Gasteiger charge is 2.24. The van der Waals surface area contributed by atoms with Crippen LogP contribution in [0.15, 0.2) is 35.9 Å². The molecule has 0 aliphatic rings. The van der Waals surface area contributed by atoms with Crippen molar-refractivity contribution in [3.05, 3.63) is 62.9 Å². The van der Waals surface area contributed by atoms with Crippen molar-refractivity contribution in [2.45, 2.75) is 0 Å². The predicted octanol–water partition coefficient (Wildman–Crippen LogP) is 4.17. The second kappa shape index (κ2) is 7.96. The third-order valence-corrected chi connectivity index (χ3v) is 4.18. The van der Waals surface area contributed by atoms with E-state index in [4.69, 9.17) is 28.5 Å². The molecule has 0 unspecified atom stereocenters. The number of benzene rings is 2. The van der Waals surface area contributed by atoms with Crippen LogP contribution in [0.3, 0.4) is 0 Å². The third kappa shape index (κ3) is 3.95. The number of carbonyl (C=O) groups excluding carboxylic acids is 1. The normalized spacial score (nSPS) is 11.2. The zero-order valence-corrected chi connectivity index (χ0v) is 15.2. The average molecular weight is 406 g/mol. The molecule has 0 spiro atoms. The molecule has 0 radical (unpaired) electrons. The summed E-state index contributed by atoms with van der Waals surface area (Å²) in [5.41, 5.74) is -0.853. The van der Waals surface area contributed by atoms with Crippen molar-refractivity contribution < 1.29 is 19.4 Å². The fraction of sp³-hybridized carbons (Fsp3) is 0.0556. The van der Waals surface area contributed by atoms with Crippen LogP contribution in [0.1, 0.15) is 11.1 Å². The minimum Gasteiger partial charge on any atom is -0.506 e. The Kier molecular flexibility index (Phi) is 5.91. The van der Waals surface area contributed by atoms with Gasteiger partial charge in [-0.25, -0.2) is 4.39 Å². The Morgan fingerprint density at radius 2 is 1.78 bits per heavy atom. The maximum Gasteiger partial charge on any atom is 0.272 e. The van der Waals surface area contributed by atoms with Crippen molar-refractivity contribution in [2.75, 3.05) is 11.9 Å². The van der Waals surface area contributed by atoms with Gasteiger partial charge in [-0.05, 0) is 30.3 Å². The first kappa shape index (κ1) is 20.1. The van der Waals surface area contributed by atoms with Crippen molar-refractivity contribution in [3.63, 3.8) is 0 Å². The van der Waals surface area contributed by atoms with Crippen LogP contribution in [0.2, 0.25) is 10.0 Å². The van der Waals surface area contributed by atoms with Gasteiger partial charge >= 0.3 is 0 Å². The number of amides is 1. The Morgan fingerprint density at radius 1 is 1.19 bits per heavy atom. The molecular formula is C18H10Cl2FN3O3. The van der Waals surface area contributed by atoms with Crippen LogP contribution in [0, 0.1) is 28.5 Å². The van der Waals surface area contributed by atoms with Gasteiger partial charge in [0.25, 0.3) is 5.91 Å². The van der Waals surface area contributed by atoms with Crippen molar-refractivity contribution in [1.82, 2.24) is 0 Å². The molecule has 0 saturated heterocycles. The number of anilines is 1. The van der Waals surface area contributed by atoms with E-state index in [1.165, 1.54) is 13.1 Å². The van der Waals surface area contributed by atoms with Crippen LogP contribution in [0.25, 0.3) is 5.76 Å². The summed E-state index contributed by atoms with van der Waals surface area (Å²) in [6, 6.07) is 8.81. The summed E-state index contributed by atoms with van der Waals surface area (Å²) in [5, 5.41) is 38.0. The van der Waals surface area contributed by atoms with Crippen molar-refractivity contribution >= 4 is 40.6 Å². The second-order valence-electron chi connectivity index (χ2n) is 5.26. The minimum atomic E-state index is -0.989. The summed E-state index contributed by atoms with van der Waals surface area (Å²) in [5.74, 6) is -2.84. The maximum absolute atomic E-state index is 13.5. The number of nitriles is 2. The highest BCUT2D eigenvalue weighted by atomic mass is 35.5. The SMILES string of the molecule is CN(C(=O)/C(C#N)=C(\O)c1cc(Cl)c(O)c(Cl)c1)c1cc(F)ccc1C#N. The number of phenols is 1. The molecule has 0 fully saturated rings. The van der Waals surface area contributed by atoms with Crippen LogP contribution in [-0.4, -0.2) is 23.2 Å². The van der Waals surface area contributed by atoms with Gasteiger partial charge in [0.1, 0.15) is 23.7 Å². The van der Waals surface area contributed by atoms with E-state index >= 15 is 0 Å². The number of rotatable bonds is 3. The Morgan fingerprint density at radius 3 is 2.30 bits per heavy atom. The van der Waals surface area contributed by atoms with Crippen molar-refractivity contribution in [2.24, 2.45) is 0 Å². The molecule has 2 N–H and O–H groups in total. The van der Waals surface area contributed by atoms with E-state index < -0.39 is 28.8 Å². The van der Waals surface area contributed by atoms with Crippen LogP contribution in [0.4, 0.5) is 10.1 Å².